The molecule has 0 atom stereocenters. The highest BCUT2D eigenvalue weighted by molar-refractivity contribution is 7.88. The molecule has 0 aliphatic carbocycles. The van der Waals surface area contributed by atoms with Crippen LogP contribution in [0.1, 0.15) is 32.3 Å². The van der Waals surface area contributed by atoms with Gasteiger partial charge in [-0.3, -0.25) is 4.79 Å². The number of carbonyl (C=O) groups is 1. The Morgan fingerprint density at radius 2 is 1.88 bits per heavy atom. The van der Waals surface area contributed by atoms with E-state index < -0.39 is 27.7 Å². The molecule has 0 fully saturated rings. The van der Waals surface area contributed by atoms with Gasteiger partial charge in [0.1, 0.15) is 0 Å². The van der Waals surface area contributed by atoms with E-state index in [2.05, 4.69) is 5.32 Å². The number of alkyl halides is 3. The first-order valence-corrected chi connectivity index (χ1v) is 9.66. The van der Waals surface area contributed by atoms with Crippen LogP contribution in [0.2, 0.25) is 0 Å². The molecular formula is C16H23F3N2O3S. The fourth-order valence-electron chi connectivity index (χ4n) is 2.07. The Morgan fingerprint density at radius 3 is 2.40 bits per heavy atom. The van der Waals surface area contributed by atoms with Crippen LogP contribution in [0.3, 0.4) is 0 Å². The first kappa shape index (κ1) is 21.4. The van der Waals surface area contributed by atoms with Gasteiger partial charge in [0.15, 0.2) is 0 Å². The van der Waals surface area contributed by atoms with E-state index >= 15 is 0 Å². The molecule has 1 N–H and O–H groups in total. The molecule has 0 spiro atoms. The summed E-state index contributed by atoms with van der Waals surface area (Å²) in [5, 5.41) is 2.37. The monoisotopic (exact) mass is 380 g/mol. The largest absolute Gasteiger partial charge is 0.416 e. The molecule has 142 valence electrons. The normalized spacial score (nSPS) is 12.6. The predicted molar refractivity (Wildman–Crippen MR) is 90.6 cm³/mol. The molecule has 1 amide bonds. The zero-order valence-corrected chi connectivity index (χ0v) is 15.2. The quantitative estimate of drug-likeness (QED) is 0.752. The molecule has 0 heterocycles. The zero-order valence-electron chi connectivity index (χ0n) is 14.4. The second kappa shape index (κ2) is 8.66. The molecule has 1 rings (SSSR count). The van der Waals surface area contributed by atoms with Gasteiger partial charge in [-0.2, -0.15) is 13.2 Å². The lowest BCUT2D eigenvalue weighted by atomic mass is 10.1. The molecule has 1 aromatic rings. The van der Waals surface area contributed by atoms with Gasteiger partial charge in [0.2, 0.25) is 15.9 Å². The SMILES string of the molecule is CC(C)CCN(CCC(=O)Nc1cccc(C(F)(F)F)c1)S(C)(=O)=O. The van der Waals surface area contributed by atoms with Gasteiger partial charge >= 0.3 is 6.18 Å². The predicted octanol–water partition coefficient (Wildman–Crippen LogP) is 3.34. The highest BCUT2D eigenvalue weighted by Gasteiger charge is 2.30. The number of rotatable bonds is 8. The number of anilines is 1. The number of hydrogen-bond acceptors (Lipinski definition) is 3. The Bertz CT molecular complexity index is 688. The van der Waals surface area contributed by atoms with Crippen molar-refractivity contribution in [1.82, 2.24) is 4.31 Å². The van der Waals surface area contributed by atoms with Gasteiger partial charge in [0.05, 0.1) is 11.8 Å². The lowest BCUT2D eigenvalue weighted by Crippen LogP contribution is -2.34. The van der Waals surface area contributed by atoms with E-state index in [1.807, 2.05) is 13.8 Å². The molecule has 0 unspecified atom stereocenters. The Balaban J connectivity index is 2.66. The fourth-order valence-corrected chi connectivity index (χ4v) is 2.93. The van der Waals surface area contributed by atoms with Crippen molar-refractivity contribution in [1.29, 1.82) is 0 Å². The number of halogens is 3. The van der Waals surface area contributed by atoms with Crippen molar-refractivity contribution < 1.29 is 26.4 Å². The molecular weight excluding hydrogens is 357 g/mol. The maximum Gasteiger partial charge on any atom is 0.416 e. The van der Waals surface area contributed by atoms with E-state index in [4.69, 9.17) is 0 Å². The van der Waals surface area contributed by atoms with Crippen molar-refractivity contribution >= 4 is 21.6 Å². The van der Waals surface area contributed by atoms with Crippen molar-refractivity contribution in [2.75, 3.05) is 24.7 Å². The van der Waals surface area contributed by atoms with Crippen LogP contribution in [0.15, 0.2) is 24.3 Å². The van der Waals surface area contributed by atoms with Gasteiger partial charge in [-0.05, 0) is 30.5 Å². The minimum atomic E-state index is -4.50. The third kappa shape index (κ3) is 7.87. The Morgan fingerprint density at radius 1 is 1.24 bits per heavy atom. The van der Waals surface area contributed by atoms with E-state index in [1.54, 1.807) is 0 Å². The van der Waals surface area contributed by atoms with Crippen LogP contribution in [-0.2, 0) is 21.0 Å². The van der Waals surface area contributed by atoms with E-state index in [1.165, 1.54) is 16.4 Å². The fraction of sp³-hybridized carbons (Fsp3) is 0.562. The molecule has 0 aliphatic rings. The topological polar surface area (TPSA) is 66.5 Å². The molecule has 25 heavy (non-hydrogen) atoms. The minimum Gasteiger partial charge on any atom is -0.326 e. The number of nitrogens with zero attached hydrogens (tertiary/aromatic N) is 1. The second-order valence-electron chi connectivity index (χ2n) is 6.22. The van der Waals surface area contributed by atoms with Crippen LogP contribution in [0.4, 0.5) is 18.9 Å². The summed E-state index contributed by atoms with van der Waals surface area (Å²) >= 11 is 0. The van der Waals surface area contributed by atoms with E-state index in [-0.39, 0.29) is 18.7 Å². The number of carbonyl (C=O) groups excluding carboxylic acids is 1. The highest BCUT2D eigenvalue weighted by Crippen LogP contribution is 2.30. The minimum absolute atomic E-state index is 0.0175. The van der Waals surface area contributed by atoms with Gasteiger partial charge in [-0.15, -0.1) is 0 Å². The van der Waals surface area contributed by atoms with E-state index in [0.717, 1.165) is 18.4 Å². The van der Waals surface area contributed by atoms with Crippen molar-refractivity contribution in [3.05, 3.63) is 29.8 Å². The third-order valence-corrected chi connectivity index (χ3v) is 4.79. The Hall–Kier alpha value is -1.61. The van der Waals surface area contributed by atoms with Gasteiger partial charge in [0.25, 0.3) is 0 Å². The summed E-state index contributed by atoms with van der Waals surface area (Å²) in [5.41, 5.74) is -0.840. The average Bonchev–Trinajstić information content (AvgIpc) is 2.44. The Labute approximate surface area is 146 Å². The van der Waals surface area contributed by atoms with Gasteiger partial charge in [0, 0.05) is 25.2 Å². The lowest BCUT2D eigenvalue weighted by molar-refractivity contribution is -0.137. The van der Waals surface area contributed by atoms with Crippen LogP contribution in [0.25, 0.3) is 0 Å². The number of hydrogen-bond donors (Lipinski definition) is 1. The standard InChI is InChI=1S/C16H23F3N2O3S/c1-12(2)7-9-21(25(3,23)24)10-8-15(22)20-14-6-4-5-13(11-14)16(17,18)19/h4-6,11-12H,7-10H2,1-3H3,(H,20,22). The molecule has 0 saturated heterocycles. The number of sulfonamides is 1. The van der Waals surface area contributed by atoms with Crippen LogP contribution in [0, 0.1) is 5.92 Å². The number of amides is 1. The molecule has 1 aromatic carbocycles. The third-order valence-electron chi connectivity index (χ3n) is 3.49. The first-order chi connectivity index (χ1) is 11.4. The van der Waals surface area contributed by atoms with Gasteiger partial charge in [-0.1, -0.05) is 19.9 Å². The molecule has 0 aromatic heterocycles. The maximum atomic E-state index is 12.7. The van der Waals surface area contributed by atoms with Crippen LogP contribution in [0.5, 0.6) is 0 Å². The molecule has 9 heteroatoms. The van der Waals surface area contributed by atoms with Crippen molar-refractivity contribution in [2.45, 2.75) is 32.9 Å². The lowest BCUT2D eigenvalue weighted by Gasteiger charge is -2.20. The average molecular weight is 380 g/mol. The molecule has 0 aliphatic heterocycles. The van der Waals surface area contributed by atoms with Crippen LogP contribution >= 0.6 is 0 Å². The summed E-state index contributed by atoms with van der Waals surface area (Å²) in [4.78, 5) is 11.9. The van der Waals surface area contributed by atoms with E-state index in [0.29, 0.717) is 18.9 Å². The maximum absolute atomic E-state index is 12.7. The van der Waals surface area contributed by atoms with Gasteiger partial charge < -0.3 is 5.32 Å². The van der Waals surface area contributed by atoms with E-state index in [9.17, 15) is 26.4 Å². The summed E-state index contributed by atoms with van der Waals surface area (Å²) in [6.07, 6.45) is -2.91. The summed E-state index contributed by atoms with van der Waals surface area (Å²) in [5.74, 6) is -0.235. The smallest absolute Gasteiger partial charge is 0.326 e. The zero-order chi connectivity index (χ0) is 19.3. The molecule has 0 bridgehead atoms. The summed E-state index contributed by atoms with van der Waals surface area (Å²) in [7, 11) is -3.45. The second-order valence-corrected chi connectivity index (χ2v) is 8.20. The number of benzene rings is 1. The Kier molecular flexibility index (Phi) is 7.43. The summed E-state index contributed by atoms with van der Waals surface area (Å²) in [6, 6.07) is 4.29. The summed E-state index contributed by atoms with van der Waals surface area (Å²) in [6.45, 7) is 4.20. The first-order valence-electron chi connectivity index (χ1n) is 7.82. The summed E-state index contributed by atoms with van der Waals surface area (Å²) < 4.78 is 62.6. The molecule has 0 saturated carbocycles. The number of nitrogens with one attached hydrogen (secondary N) is 1. The molecule has 0 radical (unpaired) electrons. The van der Waals surface area contributed by atoms with Crippen molar-refractivity contribution in [3.63, 3.8) is 0 Å². The van der Waals surface area contributed by atoms with Crippen LogP contribution in [-0.4, -0.2) is 38.0 Å². The molecule has 5 nitrogen and oxygen atoms in total. The highest BCUT2D eigenvalue weighted by atomic mass is 32.2. The van der Waals surface area contributed by atoms with Crippen molar-refractivity contribution in [2.24, 2.45) is 5.92 Å². The van der Waals surface area contributed by atoms with Gasteiger partial charge in [-0.25, -0.2) is 12.7 Å². The van der Waals surface area contributed by atoms with Crippen molar-refractivity contribution in [3.8, 4) is 0 Å². The van der Waals surface area contributed by atoms with Crippen LogP contribution < -0.4 is 5.32 Å².